The molecule has 19 heavy (non-hydrogen) atoms. The van der Waals surface area contributed by atoms with Gasteiger partial charge in [-0.05, 0) is 31.2 Å². The molecular formula is C13H13NO4S. The van der Waals surface area contributed by atoms with Crippen LogP contribution in [0.1, 0.15) is 5.56 Å². The van der Waals surface area contributed by atoms with Gasteiger partial charge in [0.15, 0.2) is 5.75 Å². The molecule has 0 unspecified atom stereocenters. The van der Waals surface area contributed by atoms with E-state index < -0.39 is 10.1 Å². The molecule has 0 saturated heterocycles. The molecule has 0 aliphatic carbocycles. The SMILES string of the molecule is COc1cccnc1OS(=O)(=O)c1ccc(C)cc1. The summed E-state index contributed by atoms with van der Waals surface area (Å²) in [6, 6.07) is 9.58. The molecule has 1 heterocycles. The van der Waals surface area contributed by atoms with Crippen LogP contribution in [0.2, 0.25) is 0 Å². The molecule has 0 aliphatic rings. The van der Waals surface area contributed by atoms with Crippen LogP contribution < -0.4 is 8.92 Å². The standard InChI is InChI=1S/C13H13NO4S/c1-10-5-7-11(8-6-10)19(15,16)18-13-12(17-2)4-3-9-14-13/h3-9H,1-2H3. The Kier molecular flexibility index (Phi) is 3.71. The third-order valence-electron chi connectivity index (χ3n) is 2.45. The first-order chi connectivity index (χ1) is 9.03. The Labute approximate surface area is 111 Å². The van der Waals surface area contributed by atoms with Crippen molar-refractivity contribution in [2.75, 3.05) is 7.11 Å². The molecule has 0 atom stereocenters. The van der Waals surface area contributed by atoms with Crippen LogP contribution in [0, 0.1) is 6.92 Å². The molecule has 0 amide bonds. The summed E-state index contributed by atoms with van der Waals surface area (Å²) in [6.45, 7) is 1.87. The molecule has 6 heteroatoms. The number of aryl methyl sites for hydroxylation is 1. The van der Waals surface area contributed by atoms with Crippen LogP contribution in [0.25, 0.3) is 0 Å². The van der Waals surface area contributed by atoms with E-state index in [-0.39, 0.29) is 16.5 Å². The van der Waals surface area contributed by atoms with Gasteiger partial charge in [0.05, 0.1) is 7.11 Å². The van der Waals surface area contributed by atoms with Crippen molar-refractivity contribution >= 4 is 10.1 Å². The minimum atomic E-state index is -3.91. The lowest BCUT2D eigenvalue weighted by molar-refractivity contribution is 0.384. The summed E-state index contributed by atoms with van der Waals surface area (Å²) in [4.78, 5) is 3.93. The van der Waals surface area contributed by atoms with Gasteiger partial charge in [0.25, 0.3) is 5.88 Å². The van der Waals surface area contributed by atoms with E-state index in [2.05, 4.69) is 4.98 Å². The normalized spacial score (nSPS) is 11.1. The third kappa shape index (κ3) is 3.03. The average molecular weight is 279 g/mol. The van der Waals surface area contributed by atoms with Gasteiger partial charge in [-0.15, -0.1) is 0 Å². The molecule has 1 aromatic carbocycles. The number of benzene rings is 1. The van der Waals surface area contributed by atoms with Crippen molar-refractivity contribution < 1.29 is 17.3 Å². The first-order valence-electron chi connectivity index (χ1n) is 5.53. The average Bonchev–Trinajstić information content (AvgIpc) is 2.39. The molecule has 0 bridgehead atoms. The van der Waals surface area contributed by atoms with Gasteiger partial charge in [0.1, 0.15) is 4.90 Å². The number of hydrogen-bond donors (Lipinski definition) is 0. The molecule has 100 valence electrons. The summed E-state index contributed by atoms with van der Waals surface area (Å²) < 4.78 is 34.1. The molecule has 2 rings (SSSR count). The minimum Gasteiger partial charge on any atom is -0.491 e. The van der Waals surface area contributed by atoms with E-state index in [0.717, 1.165) is 5.56 Å². The largest absolute Gasteiger partial charge is 0.491 e. The van der Waals surface area contributed by atoms with Crippen LogP contribution in [0.3, 0.4) is 0 Å². The van der Waals surface area contributed by atoms with Gasteiger partial charge >= 0.3 is 10.1 Å². The maximum atomic E-state index is 12.1. The van der Waals surface area contributed by atoms with Crippen LogP contribution >= 0.6 is 0 Å². The van der Waals surface area contributed by atoms with Gasteiger partial charge in [-0.2, -0.15) is 8.42 Å². The van der Waals surface area contributed by atoms with Crippen LogP contribution in [-0.2, 0) is 10.1 Å². The number of aromatic nitrogens is 1. The highest BCUT2D eigenvalue weighted by atomic mass is 32.2. The molecule has 0 spiro atoms. The number of methoxy groups -OCH3 is 1. The Bertz CT molecular complexity index is 665. The lowest BCUT2D eigenvalue weighted by Gasteiger charge is -2.09. The maximum absolute atomic E-state index is 12.1. The second-order valence-electron chi connectivity index (χ2n) is 3.86. The Hall–Kier alpha value is -2.08. The zero-order valence-corrected chi connectivity index (χ0v) is 11.3. The quantitative estimate of drug-likeness (QED) is 0.802. The lowest BCUT2D eigenvalue weighted by atomic mass is 10.2. The van der Waals surface area contributed by atoms with Gasteiger partial charge in [-0.3, -0.25) is 0 Å². The first kappa shape index (κ1) is 13.4. The molecule has 5 nitrogen and oxygen atoms in total. The zero-order chi connectivity index (χ0) is 13.9. The second kappa shape index (κ2) is 5.27. The predicted molar refractivity (Wildman–Crippen MR) is 69.8 cm³/mol. The Morgan fingerprint density at radius 2 is 1.79 bits per heavy atom. The van der Waals surface area contributed by atoms with Crippen molar-refractivity contribution in [3.8, 4) is 11.6 Å². The molecule has 0 aliphatic heterocycles. The predicted octanol–water partition coefficient (Wildman–Crippen LogP) is 2.17. The summed E-state index contributed by atoms with van der Waals surface area (Å²) in [5, 5.41) is 0. The van der Waals surface area contributed by atoms with Gasteiger partial charge < -0.3 is 8.92 Å². The fraction of sp³-hybridized carbons (Fsp3) is 0.154. The lowest BCUT2D eigenvalue weighted by Crippen LogP contribution is -2.11. The van der Waals surface area contributed by atoms with E-state index in [1.807, 2.05) is 6.92 Å². The molecule has 2 aromatic rings. The van der Waals surface area contributed by atoms with Gasteiger partial charge in [-0.1, -0.05) is 17.7 Å². The number of nitrogens with zero attached hydrogens (tertiary/aromatic N) is 1. The maximum Gasteiger partial charge on any atom is 0.340 e. The molecule has 0 radical (unpaired) electrons. The molecular weight excluding hydrogens is 266 g/mol. The van der Waals surface area contributed by atoms with Crippen LogP contribution in [0.15, 0.2) is 47.5 Å². The van der Waals surface area contributed by atoms with Gasteiger partial charge in [0.2, 0.25) is 0 Å². The van der Waals surface area contributed by atoms with Crippen molar-refractivity contribution in [1.82, 2.24) is 4.98 Å². The van der Waals surface area contributed by atoms with Gasteiger partial charge in [-0.25, -0.2) is 4.98 Å². The van der Waals surface area contributed by atoms with E-state index in [0.29, 0.717) is 0 Å². The summed E-state index contributed by atoms with van der Waals surface area (Å²) in [7, 11) is -2.49. The molecule has 0 saturated carbocycles. The summed E-state index contributed by atoms with van der Waals surface area (Å²) in [5.41, 5.74) is 0.967. The van der Waals surface area contributed by atoms with Crippen LogP contribution in [0.4, 0.5) is 0 Å². The Morgan fingerprint density at radius 3 is 2.42 bits per heavy atom. The monoisotopic (exact) mass is 279 g/mol. The van der Waals surface area contributed by atoms with E-state index >= 15 is 0 Å². The van der Waals surface area contributed by atoms with E-state index in [4.69, 9.17) is 8.92 Å². The van der Waals surface area contributed by atoms with Gasteiger partial charge in [0, 0.05) is 6.20 Å². The Balaban J connectivity index is 2.34. The van der Waals surface area contributed by atoms with Crippen molar-refractivity contribution in [3.63, 3.8) is 0 Å². The van der Waals surface area contributed by atoms with Crippen molar-refractivity contribution in [2.45, 2.75) is 11.8 Å². The van der Waals surface area contributed by atoms with Crippen LogP contribution in [-0.4, -0.2) is 20.5 Å². The highest BCUT2D eigenvalue weighted by molar-refractivity contribution is 7.87. The number of pyridine rings is 1. The van der Waals surface area contributed by atoms with Crippen molar-refractivity contribution in [2.24, 2.45) is 0 Å². The number of rotatable bonds is 4. The zero-order valence-electron chi connectivity index (χ0n) is 10.5. The second-order valence-corrected chi connectivity index (χ2v) is 5.41. The highest BCUT2D eigenvalue weighted by Crippen LogP contribution is 2.26. The third-order valence-corrected chi connectivity index (χ3v) is 3.68. The first-order valence-corrected chi connectivity index (χ1v) is 6.94. The highest BCUT2D eigenvalue weighted by Gasteiger charge is 2.19. The fourth-order valence-electron chi connectivity index (χ4n) is 1.45. The molecule has 0 fully saturated rings. The molecule has 1 aromatic heterocycles. The summed E-state index contributed by atoms with van der Waals surface area (Å²) in [6.07, 6.45) is 1.43. The topological polar surface area (TPSA) is 65.5 Å². The Morgan fingerprint density at radius 1 is 1.11 bits per heavy atom. The van der Waals surface area contributed by atoms with E-state index in [1.54, 1.807) is 24.3 Å². The number of ether oxygens (including phenoxy) is 1. The van der Waals surface area contributed by atoms with E-state index in [9.17, 15) is 8.42 Å². The van der Waals surface area contributed by atoms with Crippen LogP contribution in [0.5, 0.6) is 11.6 Å². The van der Waals surface area contributed by atoms with Crippen molar-refractivity contribution in [3.05, 3.63) is 48.2 Å². The summed E-state index contributed by atoms with van der Waals surface area (Å²) >= 11 is 0. The fourth-order valence-corrected chi connectivity index (χ4v) is 2.35. The minimum absolute atomic E-state index is 0.0748. The summed E-state index contributed by atoms with van der Waals surface area (Å²) in [5.74, 6) is 0.184. The smallest absolute Gasteiger partial charge is 0.340 e. The van der Waals surface area contributed by atoms with Crippen molar-refractivity contribution in [1.29, 1.82) is 0 Å². The van der Waals surface area contributed by atoms with E-state index in [1.165, 1.54) is 25.4 Å². The number of hydrogen-bond acceptors (Lipinski definition) is 5. The molecule has 0 N–H and O–H groups in total.